The Kier molecular flexibility index (Phi) is 4.49. The van der Waals surface area contributed by atoms with Crippen molar-refractivity contribution < 1.29 is 0 Å². The van der Waals surface area contributed by atoms with E-state index in [1.54, 1.807) is 0 Å². The van der Waals surface area contributed by atoms with Crippen LogP contribution in [0.3, 0.4) is 0 Å². The van der Waals surface area contributed by atoms with Crippen LogP contribution in [0.4, 0.5) is 0 Å². The zero-order valence-electron chi connectivity index (χ0n) is 17.2. The predicted molar refractivity (Wildman–Crippen MR) is 118 cm³/mol. The van der Waals surface area contributed by atoms with Crippen molar-refractivity contribution in [3.8, 4) is 11.3 Å². The van der Waals surface area contributed by atoms with Crippen LogP contribution in [0.25, 0.3) is 27.8 Å². The summed E-state index contributed by atoms with van der Waals surface area (Å²) in [5, 5.41) is 20.4. The number of hydrogen-bond acceptors (Lipinski definition) is 5. The molecule has 0 spiro atoms. The van der Waals surface area contributed by atoms with Gasteiger partial charge in [-0.1, -0.05) is 29.8 Å². The summed E-state index contributed by atoms with van der Waals surface area (Å²) in [5.41, 5.74) is 6.01. The lowest BCUT2D eigenvalue weighted by Gasteiger charge is -2.25. The minimum Gasteiger partial charge on any atom is -0.312 e. The number of aromatic amines is 1. The van der Waals surface area contributed by atoms with Crippen LogP contribution in [-0.2, 0) is 13.1 Å². The molecule has 156 valence electrons. The molecule has 8 heteroatoms. The number of pyridine rings is 1. The number of hydrogen-bond donors (Lipinski definition) is 2. The third kappa shape index (κ3) is 3.59. The minimum atomic E-state index is 0.575. The first kappa shape index (κ1) is 18.3. The lowest BCUT2D eigenvalue weighted by atomic mass is 9.85. The normalized spacial score (nSPS) is 14.5. The Morgan fingerprint density at radius 2 is 2.06 bits per heavy atom. The standard InChI is InChI=1S/C23H24N8/c1-3-16(4-1)9-24-10-17-7-8-23-26-18(13-30(23)12-17)14-31-15-22(28-29-31)19-5-2-6-21-20(19)11-25-27-21/h2,5-8,11-13,15-16,24H,1,3-4,9-10,14H2,(H,25,27). The molecule has 1 saturated carbocycles. The minimum absolute atomic E-state index is 0.575. The van der Waals surface area contributed by atoms with E-state index in [1.807, 2.05) is 35.3 Å². The summed E-state index contributed by atoms with van der Waals surface area (Å²) in [4.78, 5) is 4.74. The highest BCUT2D eigenvalue weighted by molar-refractivity contribution is 5.92. The summed E-state index contributed by atoms with van der Waals surface area (Å²) >= 11 is 0. The number of rotatable bonds is 7. The lowest BCUT2D eigenvalue weighted by molar-refractivity contribution is 0.301. The number of nitrogens with one attached hydrogen (secondary N) is 2. The molecule has 0 radical (unpaired) electrons. The van der Waals surface area contributed by atoms with Crippen LogP contribution in [0, 0.1) is 5.92 Å². The molecule has 6 rings (SSSR count). The molecule has 8 nitrogen and oxygen atoms in total. The van der Waals surface area contributed by atoms with Gasteiger partial charge in [-0.2, -0.15) is 5.10 Å². The van der Waals surface area contributed by atoms with E-state index in [0.717, 1.165) is 52.5 Å². The first-order valence-electron chi connectivity index (χ1n) is 10.8. The fraction of sp³-hybridized carbons (Fsp3) is 0.304. The van der Waals surface area contributed by atoms with E-state index < -0.39 is 0 Å². The summed E-state index contributed by atoms with van der Waals surface area (Å²) in [5.74, 6) is 0.872. The van der Waals surface area contributed by atoms with Gasteiger partial charge in [-0.3, -0.25) is 5.10 Å². The van der Waals surface area contributed by atoms with Gasteiger partial charge >= 0.3 is 0 Å². The number of aromatic nitrogens is 7. The van der Waals surface area contributed by atoms with Gasteiger partial charge in [0.2, 0.25) is 0 Å². The maximum atomic E-state index is 4.74. The van der Waals surface area contributed by atoms with Crippen molar-refractivity contribution in [2.24, 2.45) is 5.92 Å². The van der Waals surface area contributed by atoms with Gasteiger partial charge in [-0.15, -0.1) is 5.10 Å². The molecule has 0 unspecified atom stereocenters. The molecule has 1 aliphatic rings. The highest BCUT2D eigenvalue weighted by atomic mass is 15.4. The number of fused-ring (bicyclic) bond motifs is 2. The third-order valence-corrected chi connectivity index (χ3v) is 6.17. The van der Waals surface area contributed by atoms with Crippen LogP contribution in [0.1, 0.15) is 30.5 Å². The molecule has 4 aromatic heterocycles. The van der Waals surface area contributed by atoms with E-state index in [9.17, 15) is 0 Å². The number of benzene rings is 1. The molecule has 1 aromatic carbocycles. The molecular formula is C23H24N8. The SMILES string of the molecule is c1cc(-c2cn(Cc3cn4cc(CNCC5CCC5)ccc4n3)nn2)c2cn[nH]c2c1. The number of imidazole rings is 1. The average Bonchev–Trinajstić information content (AvgIpc) is 3.48. The third-order valence-electron chi connectivity index (χ3n) is 6.17. The fourth-order valence-electron chi connectivity index (χ4n) is 4.25. The quantitative estimate of drug-likeness (QED) is 0.428. The van der Waals surface area contributed by atoms with Crippen molar-refractivity contribution in [3.05, 3.63) is 66.4 Å². The van der Waals surface area contributed by atoms with E-state index in [4.69, 9.17) is 4.98 Å². The van der Waals surface area contributed by atoms with E-state index >= 15 is 0 Å². The molecule has 1 aliphatic carbocycles. The van der Waals surface area contributed by atoms with Crippen LogP contribution in [0.2, 0.25) is 0 Å². The van der Waals surface area contributed by atoms with Crippen LogP contribution in [-0.4, -0.2) is 41.1 Å². The van der Waals surface area contributed by atoms with Crippen molar-refractivity contribution in [1.29, 1.82) is 0 Å². The Bertz CT molecular complexity index is 1340. The molecule has 31 heavy (non-hydrogen) atoms. The summed E-state index contributed by atoms with van der Waals surface area (Å²) in [6.07, 6.45) is 12.2. The van der Waals surface area contributed by atoms with Crippen LogP contribution < -0.4 is 5.32 Å². The second-order valence-electron chi connectivity index (χ2n) is 8.40. The monoisotopic (exact) mass is 412 g/mol. The molecule has 0 saturated heterocycles. The van der Waals surface area contributed by atoms with Crippen molar-refractivity contribution >= 4 is 16.6 Å². The zero-order chi connectivity index (χ0) is 20.6. The maximum absolute atomic E-state index is 4.74. The van der Waals surface area contributed by atoms with E-state index in [0.29, 0.717) is 6.54 Å². The summed E-state index contributed by atoms with van der Waals surface area (Å²) in [7, 11) is 0. The van der Waals surface area contributed by atoms with Gasteiger partial charge in [0.15, 0.2) is 0 Å². The van der Waals surface area contributed by atoms with Crippen molar-refractivity contribution in [2.45, 2.75) is 32.4 Å². The Labute approximate surface area is 179 Å². The van der Waals surface area contributed by atoms with E-state index in [1.165, 1.54) is 24.8 Å². The Hall–Kier alpha value is -3.52. The Balaban J connectivity index is 1.18. The topological polar surface area (TPSA) is 88.7 Å². The van der Waals surface area contributed by atoms with Gasteiger partial charge in [0.25, 0.3) is 0 Å². The summed E-state index contributed by atoms with van der Waals surface area (Å²) in [6.45, 7) is 2.59. The van der Waals surface area contributed by atoms with Gasteiger partial charge < -0.3 is 9.72 Å². The van der Waals surface area contributed by atoms with Crippen molar-refractivity contribution in [2.75, 3.05) is 6.54 Å². The number of H-pyrrole nitrogens is 1. The first-order chi connectivity index (χ1) is 15.3. The fourth-order valence-corrected chi connectivity index (χ4v) is 4.25. The molecular weight excluding hydrogens is 388 g/mol. The van der Waals surface area contributed by atoms with Gasteiger partial charge in [0.1, 0.15) is 11.3 Å². The molecule has 0 atom stereocenters. The molecule has 0 amide bonds. The second-order valence-corrected chi connectivity index (χ2v) is 8.40. The molecule has 1 fully saturated rings. The highest BCUT2D eigenvalue weighted by Crippen LogP contribution is 2.26. The van der Waals surface area contributed by atoms with Gasteiger partial charge in [0, 0.05) is 29.9 Å². The smallest absolute Gasteiger partial charge is 0.137 e. The van der Waals surface area contributed by atoms with Crippen molar-refractivity contribution in [1.82, 2.24) is 39.9 Å². The molecule has 0 bridgehead atoms. The Morgan fingerprint density at radius 3 is 2.97 bits per heavy atom. The van der Waals surface area contributed by atoms with Gasteiger partial charge in [-0.25, -0.2) is 9.67 Å². The molecule has 5 aromatic rings. The van der Waals surface area contributed by atoms with Crippen LogP contribution in [0.15, 0.2) is 55.1 Å². The number of nitrogens with zero attached hydrogens (tertiary/aromatic N) is 6. The maximum Gasteiger partial charge on any atom is 0.137 e. The largest absolute Gasteiger partial charge is 0.312 e. The van der Waals surface area contributed by atoms with E-state index in [2.05, 4.69) is 54.8 Å². The Morgan fingerprint density at radius 1 is 1.10 bits per heavy atom. The lowest BCUT2D eigenvalue weighted by Crippen LogP contribution is -2.26. The second kappa shape index (κ2) is 7.63. The molecule has 0 aliphatic heterocycles. The van der Waals surface area contributed by atoms with Crippen LogP contribution >= 0.6 is 0 Å². The molecule has 4 heterocycles. The van der Waals surface area contributed by atoms with Gasteiger partial charge in [-0.05, 0) is 43.0 Å². The highest BCUT2D eigenvalue weighted by Gasteiger charge is 2.16. The zero-order valence-corrected chi connectivity index (χ0v) is 17.2. The molecule has 2 N–H and O–H groups in total. The summed E-state index contributed by atoms with van der Waals surface area (Å²) in [6, 6.07) is 10.3. The van der Waals surface area contributed by atoms with E-state index in [-0.39, 0.29) is 0 Å². The average molecular weight is 413 g/mol. The first-order valence-corrected chi connectivity index (χ1v) is 10.8. The summed E-state index contributed by atoms with van der Waals surface area (Å²) < 4.78 is 3.93. The predicted octanol–water partition coefficient (Wildman–Crippen LogP) is 3.41. The van der Waals surface area contributed by atoms with Crippen LogP contribution in [0.5, 0.6) is 0 Å². The van der Waals surface area contributed by atoms with Crippen molar-refractivity contribution in [3.63, 3.8) is 0 Å². The van der Waals surface area contributed by atoms with Gasteiger partial charge in [0.05, 0.1) is 30.1 Å².